The van der Waals surface area contributed by atoms with Gasteiger partial charge in [0.15, 0.2) is 17.1 Å². The molecule has 0 radical (unpaired) electrons. The first-order valence-corrected chi connectivity index (χ1v) is 8.99. The van der Waals surface area contributed by atoms with E-state index < -0.39 is 11.2 Å². The van der Waals surface area contributed by atoms with Gasteiger partial charge in [0, 0.05) is 18.8 Å². The molecular weight excluding hydrogens is 393 g/mol. The highest BCUT2D eigenvalue weighted by molar-refractivity contribution is 5.73. The maximum atomic E-state index is 13.0. The van der Waals surface area contributed by atoms with Gasteiger partial charge in [-0.1, -0.05) is 12.1 Å². The molecule has 2 N–H and O–H groups in total. The van der Waals surface area contributed by atoms with Gasteiger partial charge in [-0.2, -0.15) is 4.98 Å². The average molecular weight is 407 g/mol. The van der Waals surface area contributed by atoms with Crippen LogP contribution in [0.15, 0.2) is 58.3 Å². The predicted molar refractivity (Wildman–Crippen MR) is 106 cm³/mol. The normalized spacial score (nSPS) is 12.3. The number of rotatable bonds is 4. The number of nitrogens with zero attached hydrogens (tertiary/aromatic N) is 3. The molecule has 4 aromatic rings. The summed E-state index contributed by atoms with van der Waals surface area (Å²) in [5, 5.41) is 3.13. The van der Waals surface area contributed by atoms with Gasteiger partial charge in [-0.05, 0) is 29.8 Å². The van der Waals surface area contributed by atoms with Gasteiger partial charge in [0.05, 0.1) is 5.69 Å². The van der Waals surface area contributed by atoms with E-state index in [1.165, 1.54) is 18.3 Å². The molecule has 0 saturated heterocycles. The maximum Gasteiger partial charge on any atom is 0.334 e. The van der Waals surface area contributed by atoms with Crippen LogP contribution in [0.2, 0.25) is 0 Å². The molecule has 9 nitrogen and oxygen atoms in total. The summed E-state index contributed by atoms with van der Waals surface area (Å²) in [6.45, 7) is 0.438. The molecule has 2 aromatic carbocycles. The van der Waals surface area contributed by atoms with Gasteiger partial charge < -0.3 is 14.8 Å². The first-order valence-electron chi connectivity index (χ1n) is 8.99. The number of anilines is 1. The molecule has 0 bridgehead atoms. The molecule has 1 aliphatic heterocycles. The summed E-state index contributed by atoms with van der Waals surface area (Å²) < 4.78 is 24.5. The third kappa shape index (κ3) is 3.13. The van der Waals surface area contributed by atoms with Crippen molar-refractivity contribution in [3.05, 3.63) is 80.9 Å². The van der Waals surface area contributed by atoms with E-state index in [1.54, 1.807) is 30.3 Å². The van der Waals surface area contributed by atoms with E-state index >= 15 is 0 Å². The highest BCUT2D eigenvalue weighted by Gasteiger charge is 2.17. The Morgan fingerprint density at radius 3 is 2.73 bits per heavy atom. The van der Waals surface area contributed by atoms with Crippen molar-refractivity contribution in [2.75, 3.05) is 12.1 Å². The van der Waals surface area contributed by atoms with Gasteiger partial charge in [0.1, 0.15) is 11.2 Å². The second kappa shape index (κ2) is 6.99. The summed E-state index contributed by atoms with van der Waals surface area (Å²) in [5.74, 6) is 0.902. The fraction of sp³-hybridized carbons (Fsp3) is 0.100. The number of aromatic nitrogens is 4. The van der Waals surface area contributed by atoms with Gasteiger partial charge in [0.25, 0.3) is 5.56 Å². The highest BCUT2D eigenvalue weighted by Crippen LogP contribution is 2.33. The Morgan fingerprint density at radius 1 is 1.10 bits per heavy atom. The number of hydrogen-bond acceptors (Lipinski definition) is 7. The van der Waals surface area contributed by atoms with E-state index in [9.17, 15) is 14.0 Å². The second-order valence-corrected chi connectivity index (χ2v) is 6.54. The molecule has 0 unspecified atom stereocenters. The molecule has 5 rings (SSSR count). The lowest BCUT2D eigenvalue weighted by atomic mass is 10.2. The lowest BCUT2D eigenvalue weighted by molar-refractivity contribution is 0.174. The van der Waals surface area contributed by atoms with Crippen LogP contribution in [0, 0.1) is 5.82 Å². The van der Waals surface area contributed by atoms with E-state index in [4.69, 9.17) is 9.47 Å². The van der Waals surface area contributed by atoms with E-state index in [0.29, 0.717) is 23.7 Å². The summed E-state index contributed by atoms with van der Waals surface area (Å²) in [7, 11) is 0. The SMILES string of the molecule is O=c1[nH]c2nc(NCc3ccc(F)cc3)ncc2c(=O)n1-c1ccc2c(c1)OCO2. The van der Waals surface area contributed by atoms with Crippen molar-refractivity contribution in [1.29, 1.82) is 0 Å². The number of fused-ring (bicyclic) bond motifs is 2. The lowest BCUT2D eigenvalue weighted by Crippen LogP contribution is -2.34. The number of halogens is 1. The zero-order valence-corrected chi connectivity index (χ0v) is 15.4. The van der Waals surface area contributed by atoms with Gasteiger partial charge in [-0.3, -0.25) is 9.78 Å². The smallest absolute Gasteiger partial charge is 0.334 e. The van der Waals surface area contributed by atoms with Crippen LogP contribution in [-0.4, -0.2) is 26.3 Å². The Morgan fingerprint density at radius 2 is 1.90 bits per heavy atom. The van der Waals surface area contributed by atoms with Gasteiger partial charge >= 0.3 is 5.69 Å². The summed E-state index contributed by atoms with van der Waals surface area (Å²) in [6.07, 6.45) is 1.34. The molecule has 3 heterocycles. The Balaban J connectivity index is 1.49. The topological polar surface area (TPSA) is 111 Å². The molecule has 0 saturated carbocycles. The largest absolute Gasteiger partial charge is 0.454 e. The lowest BCUT2D eigenvalue weighted by Gasteiger charge is -2.08. The number of H-pyrrole nitrogens is 1. The van der Waals surface area contributed by atoms with E-state index in [2.05, 4.69) is 20.3 Å². The molecular formula is C20H14FN5O4. The van der Waals surface area contributed by atoms with Crippen molar-refractivity contribution >= 4 is 17.0 Å². The number of aromatic amines is 1. The number of benzene rings is 2. The second-order valence-electron chi connectivity index (χ2n) is 6.54. The van der Waals surface area contributed by atoms with Gasteiger partial charge in [-0.15, -0.1) is 0 Å². The zero-order valence-electron chi connectivity index (χ0n) is 15.4. The van der Waals surface area contributed by atoms with Gasteiger partial charge in [0.2, 0.25) is 12.7 Å². The maximum absolute atomic E-state index is 13.0. The quantitative estimate of drug-likeness (QED) is 0.532. The van der Waals surface area contributed by atoms with Crippen molar-refractivity contribution in [2.45, 2.75) is 6.54 Å². The Labute approximate surface area is 167 Å². The minimum Gasteiger partial charge on any atom is -0.454 e. The standard InChI is InChI=1S/C20H14FN5O4/c21-12-3-1-11(2-4-12)8-22-19-23-9-14-17(24-19)25-20(28)26(18(14)27)13-5-6-15-16(7-13)30-10-29-15/h1-7,9H,8,10H2,(H2,22,23,24,25,28). The molecule has 0 atom stereocenters. The van der Waals surface area contributed by atoms with Crippen LogP contribution < -0.4 is 26.0 Å². The Hall–Kier alpha value is -4.21. The first-order chi connectivity index (χ1) is 14.6. The molecule has 0 aliphatic carbocycles. The van der Waals surface area contributed by atoms with Crippen LogP contribution in [0.25, 0.3) is 16.7 Å². The molecule has 30 heavy (non-hydrogen) atoms. The highest BCUT2D eigenvalue weighted by atomic mass is 19.1. The van der Waals surface area contributed by atoms with Crippen LogP contribution in [0.1, 0.15) is 5.56 Å². The van der Waals surface area contributed by atoms with Crippen molar-refractivity contribution in [2.24, 2.45) is 0 Å². The molecule has 0 fully saturated rings. The Bertz CT molecular complexity index is 1380. The Kier molecular flexibility index (Phi) is 4.16. The molecule has 1 aliphatic rings. The molecule has 10 heteroatoms. The van der Waals surface area contributed by atoms with E-state index in [1.807, 2.05) is 0 Å². The monoisotopic (exact) mass is 407 g/mol. The van der Waals surface area contributed by atoms with Gasteiger partial charge in [-0.25, -0.2) is 18.7 Å². The van der Waals surface area contributed by atoms with E-state index in [-0.39, 0.29) is 29.6 Å². The predicted octanol–water partition coefficient (Wildman–Crippen LogP) is 1.95. The summed E-state index contributed by atoms with van der Waals surface area (Å²) in [5.41, 5.74) is 0.0728. The fourth-order valence-electron chi connectivity index (χ4n) is 3.13. The third-order valence-corrected chi connectivity index (χ3v) is 4.63. The van der Waals surface area contributed by atoms with Crippen molar-refractivity contribution in [1.82, 2.24) is 19.5 Å². The first kappa shape index (κ1) is 17.9. The van der Waals surface area contributed by atoms with Crippen LogP contribution in [-0.2, 0) is 6.54 Å². The van der Waals surface area contributed by atoms with Crippen LogP contribution in [0.5, 0.6) is 11.5 Å². The molecule has 0 amide bonds. The van der Waals surface area contributed by atoms with Crippen LogP contribution in [0.4, 0.5) is 10.3 Å². The molecule has 2 aromatic heterocycles. The number of ether oxygens (including phenoxy) is 2. The fourth-order valence-corrected chi connectivity index (χ4v) is 3.13. The van der Waals surface area contributed by atoms with Crippen LogP contribution in [0.3, 0.4) is 0 Å². The average Bonchev–Trinajstić information content (AvgIpc) is 3.21. The molecule has 150 valence electrons. The summed E-state index contributed by atoms with van der Waals surface area (Å²) in [6, 6.07) is 10.8. The van der Waals surface area contributed by atoms with Crippen molar-refractivity contribution < 1.29 is 13.9 Å². The number of hydrogen-bond donors (Lipinski definition) is 2. The van der Waals surface area contributed by atoms with Crippen LogP contribution >= 0.6 is 0 Å². The minimum atomic E-state index is -0.644. The number of nitrogens with one attached hydrogen (secondary N) is 2. The van der Waals surface area contributed by atoms with E-state index in [0.717, 1.165) is 10.1 Å². The zero-order chi connectivity index (χ0) is 20.7. The van der Waals surface area contributed by atoms with Crippen molar-refractivity contribution in [3.63, 3.8) is 0 Å². The molecule has 0 spiro atoms. The van der Waals surface area contributed by atoms with Crippen molar-refractivity contribution in [3.8, 4) is 17.2 Å². The minimum absolute atomic E-state index is 0.0866. The summed E-state index contributed by atoms with van der Waals surface area (Å²) >= 11 is 0. The summed E-state index contributed by atoms with van der Waals surface area (Å²) in [4.78, 5) is 36.5. The third-order valence-electron chi connectivity index (χ3n) is 4.63.